The second kappa shape index (κ2) is 2.19. The number of fused-ring (bicyclic) bond motifs is 1. The highest BCUT2D eigenvalue weighted by Crippen LogP contribution is 2.28. The molecule has 4 nitrogen and oxygen atoms in total. The van der Waals surface area contributed by atoms with Crippen molar-refractivity contribution in [3.8, 4) is 0 Å². The first-order valence-corrected chi connectivity index (χ1v) is 3.29. The van der Waals surface area contributed by atoms with E-state index < -0.39 is 12.0 Å². The lowest BCUT2D eigenvalue weighted by molar-refractivity contribution is -0.147. The van der Waals surface area contributed by atoms with Crippen LogP contribution in [-0.2, 0) is 19.4 Å². The van der Waals surface area contributed by atoms with Crippen LogP contribution in [0.15, 0.2) is 0 Å². The fourth-order valence-corrected chi connectivity index (χ4v) is 1.12. The summed E-state index contributed by atoms with van der Waals surface area (Å²) in [5.41, 5.74) is 0. The molecule has 66 valence electrons. The van der Waals surface area contributed by atoms with Gasteiger partial charge in [0.05, 0.1) is 13.2 Å². The van der Waals surface area contributed by atoms with Crippen LogP contribution in [0.4, 0.5) is 13.2 Å². The minimum atomic E-state index is -4.41. The first kappa shape index (κ1) is 7.53. The van der Waals surface area contributed by atoms with Gasteiger partial charge in [-0.3, -0.25) is 9.88 Å². The van der Waals surface area contributed by atoms with Crippen LogP contribution in [0.3, 0.4) is 0 Å². The van der Waals surface area contributed by atoms with Gasteiger partial charge in [-0.2, -0.15) is 13.2 Å². The number of halogens is 3. The summed E-state index contributed by atoms with van der Waals surface area (Å²) in [7, 11) is 0. The number of hydrogen-bond donors (Lipinski definition) is 1. The molecule has 0 radical (unpaired) electrons. The lowest BCUT2D eigenvalue weighted by Gasteiger charge is -2.04. The molecule has 0 bridgehead atoms. The van der Waals surface area contributed by atoms with Gasteiger partial charge in [0.1, 0.15) is 5.82 Å². The van der Waals surface area contributed by atoms with Crippen LogP contribution < -0.4 is 5.32 Å². The first-order valence-electron chi connectivity index (χ1n) is 3.29. The molecule has 1 aromatic rings. The molecule has 0 amide bonds. The second-order valence-electron chi connectivity index (χ2n) is 2.45. The third-order valence-corrected chi connectivity index (χ3v) is 1.63. The van der Waals surface area contributed by atoms with Crippen molar-refractivity contribution < 1.29 is 13.2 Å². The monoisotopic (exact) mass is 178 g/mol. The highest BCUT2D eigenvalue weighted by molar-refractivity contribution is 5.01. The number of nitrogens with one attached hydrogen (secondary N) is 1. The van der Waals surface area contributed by atoms with Gasteiger partial charge in [0.25, 0.3) is 0 Å². The van der Waals surface area contributed by atoms with Crippen LogP contribution >= 0.6 is 0 Å². The fourth-order valence-electron chi connectivity index (χ4n) is 1.12. The van der Waals surface area contributed by atoms with Crippen molar-refractivity contribution in [2.45, 2.75) is 19.4 Å². The van der Waals surface area contributed by atoms with Crippen LogP contribution in [0, 0.1) is 0 Å². The van der Waals surface area contributed by atoms with Crippen molar-refractivity contribution in [1.82, 2.24) is 20.1 Å². The Morgan fingerprint density at radius 3 is 2.75 bits per heavy atom. The van der Waals surface area contributed by atoms with Gasteiger partial charge in [-0.15, -0.1) is 10.2 Å². The largest absolute Gasteiger partial charge is 0.451 e. The molecule has 0 saturated heterocycles. The Kier molecular flexibility index (Phi) is 1.38. The van der Waals surface area contributed by atoms with Gasteiger partial charge in [0, 0.05) is 0 Å². The zero-order valence-electron chi connectivity index (χ0n) is 5.89. The fraction of sp³-hybridized carbons (Fsp3) is 0.600. The first-order chi connectivity index (χ1) is 5.59. The Morgan fingerprint density at radius 2 is 2.08 bits per heavy atom. The highest BCUT2D eigenvalue weighted by Gasteiger charge is 2.39. The number of rotatable bonds is 0. The van der Waals surface area contributed by atoms with Crippen molar-refractivity contribution in [1.29, 1.82) is 0 Å². The molecule has 0 atom stereocenters. The van der Waals surface area contributed by atoms with E-state index in [1.807, 2.05) is 0 Å². The third-order valence-electron chi connectivity index (χ3n) is 1.63. The summed E-state index contributed by atoms with van der Waals surface area (Å²) in [5.74, 6) is -0.593. The number of alkyl halides is 3. The van der Waals surface area contributed by atoms with Gasteiger partial charge in [-0.1, -0.05) is 0 Å². The second-order valence-corrected chi connectivity index (χ2v) is 2.45. The SMILES string of the molecule is FC(F)(F)c1nnc2n1CNC2. The molecule has 0 unspecified atom stereocenters. The van der Waals surface area contributed by atoms with Crippen LogP contribution in [0.2, 0.25) is 0 Å². The molecule has 1 aromatic heterocycles. The predicted octanol–water partition coefficient (Wildman–Crippen LogP) is 0.358. The van der Waals surface area contributed by atoms with Gasteiger partial charge < -0.3 is 0 Å². The summed E-state index contributed by atoms with van der Waals surface area (Å²) in [6, 6.07) is 0. The van der Waals surface area contributed by atoms with Crippen molar-refractivity contribution >= 4 is 0 Å². The van der Waals surface area contributed by atoms with Crippen LogP contribution in [0.5, 0.6) is 0 Å². The zero-order valence-corrected chi connectivity index (χ0v) is 5.89. The average molecular weight is 178 g/mol. The van der Waals surface area contributed by atoms with E-state index in [4.69, 9.17) is 0 Å². The number of nitrogens with zero attached hydrogens (tertiary/aromatic N) is 3. The minimum absolute atomic E-state index is 0.136. The molecule has 1 aliphatic heterocycles. The van der Waals surface area contributed by atoms with Crippen LogP contribution in [-0.4, -0.2) is 14.8 Å². The summed E-state index contributed by atoms with van der Waals surface area (Å²) in [6.07, 6.45) is -4.41. The predicted molar refractivity (Wildman–Crippen MR) is 31.9 cm³/mol. The maximum absolute atomic E-state index is 12.1. The van der Waals surface area contributed by atoms with Gasteiger partial charge >= 0.3 is 6.18 Å². The summed E-state index contributed by atoms with van der Waals surface area (Å²) >= 11 is 0. The molecule has 0 aromatic carbocycles. The van der Waals surface area contributed by atoms with Crippen molar-refractivity contribution in [2.24, 2.45) is 0 Å². The summed E-state index contributed by atoms with van der Waals surface area (Å²) in [6.45, 7) is 0.486. The highest BCUT2D eigenvalue weighted by atomic mass is 19.4. The Labute approximate surface area is 65.4 Å². The van der Waals surface area contributed by atoms with E-state index in [1.54, 1.807) is 0 Å². The molecule has 1 aliphatic rings. The molecule has 1 N–H and O–H groups in total. The van der Waals surface area contributed by atoms with E-state index in [2.05, 4.69) is 15.5 Å². The van der Waals surface area contributed by atoms with Gasteiger partial charge in [0.15, 0.2) is 0 Å². The lowest BCUT2D eigenvalue weighted by atomic mass is 10.5. The molecule has 7 heteroatoms. The van der Waals surface area contributed by atoms with E-state index in [9.17, 15) is 13.2 Å². The Morgan fingerprint density at radius 1 is 1.33 bits per heavy atom. The van der Waals surface area contributed by atoms with Gasteiger partial charge in [-0.25, -0.2) is 0 Å². The average Bonchev–Trinajstić information content (AvgIpc) is 2.37. The zero-order chi connectivity index (χ0) is 8.77. The standard InChI is InChI=1S/C5H5F3N4/c6-5(7,8)4-11-10-3-1-9-2-12(3)4/h9H,1-2H2. The van der Waals surface area contributed by atoms with Crippen molar-refractivity contribution in [2.75, 3.05) is 0 Å². The Hall–Kier alpha value is -1.11. The molecule has 0 fully saturated rings. The normalized spacial score (nSPS) is 16.6. The minimum Gasteiger partial charge on any atom is -0.293 e. The molecule has 0 saturated carbocycles. The molecule has 12 heavy (non-hydrogen) atoms. The van der Waals surface area contributed by atoms with Crippen molar-refractivity contribution in [3.05, 3.63) is 11.6 Å². The smallest absolute Gasteiger partial charge is 0.293 e. The van der Waals surface area contributed by atoms with E-state index in [0.717, 1.165) is 4.57 Å². The van der Waals surface area contributed by atoms with Gasteiger partial charge in [0.2, 0.25) is 5.82 Å². The maximum Gasteiger partial charge on any atom is 0.451 e. The Balaban J connectivity index is 2.46. The van der Waals surface area contributed by atoms with E-state index in [1.165, 1.54) is 0 Å². The molecule has 0 aliphatic carbocycles. The third kappa shape index (κ3) is 0.970. The number of hydrogen-bond acceptors (Lipinski definition) is 3. The van der Waals surface area contributed by atoms with E-state index in [0.29, 0.717) is 12.4 Å². The molecular weight excluding hydrogens is 173 g/mol. The van der Waals surface area contributed by atoms with Gasteiger partial charge in [-0.05, 0) is 0 Å². The van der Waals surface area contributed by atoms with Crippen LogP contribution in [0.1, 0.15) is 11.6 Å². The van der Waals surface area contributed by atoms with Crippen molar-refractivity contribution in [3.63, 3.8) is 0 Å². The molecule has 2 heterocycles. The summed E-state index contributed by atoms with van der Waals surface area (Å²) in [5, 5.41) is 9.19. The van der Waals surface area contributed by atoms with E-state index in [-0.39, 0.29) is 6.67 Å². The maximum atomic E-state index is 12.1. The summed E-state index contributed by atoms with van der Waals surface area (Å²) in [4.78, 5) is 0. The summed E-state index contributed by atoms with van der Waals surface area (Å²) < 4.78 is 37.4. The van der Waals surface area contributed by atoms with Crippen LogP contribution in [0.25, 0.3) is 0 Å². The topological polar surface area (TPSA) is 42.7 Å². The lowest BCUT2D eigenvalue weighted by Crippen LogP contribution is -2.16. The number of aromatic nitrogens is 3. The molecule has 2 rings (SSSR count). The quantitative estimate of drug-likeness (QED) is 0.623. The molecule has 0 spiro atoms. The Bertz CT molecular complexity index is 302. The molecular formula is C5H5F3N4. The van der Waals surface area contributed by atoms with E-state index >= 15 is 0 Å².